The van der Waals surface area contributed by atoms with E-state index < -0.39 is 41.6 Å². The van der Waals surface area contributed by atoms with Gasteiger partial charge in [-0.3, -0.25) is 14.8 Å². The third kappa shape index (κ3) is 4.80. The van der Waals surface area contributed by atoms with Gasteiger partial charge >= 0.3 is 12.1 Å². The van der Waals surface area contributed by atoms with Gasteiger partial charge in [-0.25, -0.2) is 4.79 Å². The molecule has 10 heteroatoms. The number of nitrogens with two attached hydrogens (primary N) is 2. The van der Waals surface area contributed by atoms with E-state index in [1.807, 2.05) is 0 Å². The number of esters is 1. The number of aliphatic imine (C=N–C) groups is 1. The molecule has 0 bridgehead atoms. The molecule has 0 aliphatic carbocycles. The average Bonchev–Trinajstić information content (AvgIpc) is 2.52. The molecule has 124 valence electrons. The second kappa shape index (κ2) is 7.38. The van der Waals surface area contributed by atoms with Crippen LogP contribution in [0.25, 0.3) is 0 Å². The van der Waals surface area contributed by atoms with E-state index in [2.05, 4.69) is 14.7 Å². The van der Waals surface area contributed by atoms with Crippen molar-refractivity contribution in [1.29, 1.82) is 0 Å². The maximum absolute atomic E-state index is 12.6. The molecule has 4 N–H and O–H groups in total. The molecular formula is C13H13F3N4O3. The van der Waals surface area contributed by atoms with Crippen LogP contribution in [0.1, 0.15) is 10.4 Å². The van der Waals surface area contributed by atoms with Gasteiger partial charge in [-0.05, 0) is 12.1 Å². The normalized spacial score (nSPS) is 13.3. The van der Waals surface area contributed by atoms with Crippen molar-refractivity contribution in [3.8, 4) is 0 Å². The number of nitrogens with zero attached hydrogens (tertiary/aromatic N) is 2. The highest BCUT2D eigenvalue weighted by molar-refractivity contribution is 6.19. The molecule has 1 aromatic heterocycles. The van der Waals surface area contributed by atoms with Crippen LogP contribution in [0.5, 0.6) is 0 Å². The second-order valence-corrected chi connectivity index (χ2v) is 4.13. The molecule has 0 spiro atoms. The first-order chi connectivity index (χ1) is 10.7. The lowest BCUT2D eigenvalue weighted by Crippen LogP contribution is -2.33. The molecule has 0 amide bonds. The fourth-order valence-corrected chi connectivity index (χ4v) is 1.43. The van der Waals surface area contributed by atoms with E-state index in [-0.39, 0.29) is 5.56 Å². The summed E-state index contributed by atoms with van der Waals surface area (Å²) in [4.78, 5) is 30.5. The van der Waals surface area contributed by atoms with Gasteiger partial charge in [-0.15, -0.1) is 0 Å². The number of halogens is 3. The molecule has 0 aliphatic rings. The van der Waals surface area contributed by atoms with Crippen LogP contribution in [0, 0.1) is 0 Å². The lowest BCUT2D eigenvalue weighted by Gasteiger charge is -2.13. The van der Waals surface area contributed by atoms with Gasteiger partial charge < -0.3 is 16.2 Å². The van der Waals surface area contributed by atoms with Gasteiger partial charge in [0.15, 0.2) is 12.4 Å². The molecule has 1 heterocycles. The Morgan fingerprint density at radius 2 is 1.83 bits per heavy atom. The van der Waals surface area contributed by atoms with Crippen LogP contribution in [0.4, 0.5) is 13.2 Å². The van der Waals surface area contributed by atoms with Gasteiger partial charge in [0.25, 0.3) is 0 Å². The summed E-state index contributed by atoms with van der Waals surface area (Å²) in [6.07, 6.45) is -2.33. The third-order valence-corrected chi connectivity index (χ3v) is 2.61. The monoisotopic (exact) mass is 330 g/mol. The Morgan fingerprint density at radius 3 is 2.30 bits per heavy atom. The summed E-state index contributed by atoms with van der Waals surface area (Å²) in [5, 5.41) is 0. The predicted octanol–water partition coefficient (Wildman–Crippen LogP) is 0.570. The number of rotatable bonds is 5. The van der Waals surface area contributed by atoms with Crippen LogP contribution < -0.4 is 11.5 Å². The molecule has 7 nitrogen and oxygen atoms in total. The average molecular weight is 330 g/mol. The van der Waals surface area contributed by atoms with E-state index in [0.717, 1.165) is 7.05 Å². The summed E-state index contributed by atoms with van der Waals surface area (Å²) in [6.45, 7) is -0.783. The number of hydrogen-bond donors (Lipinski definition) is 2. The van der Waals surface area contributed by atoms with E-state index in [1.165, 1.54) is 24.5 Å². The van der Waals surface area contributed by atoms with Crippen molar-refractivity contribution in [1.82, 2.24) is 4.98 Å². The van der Waals surface area contributed by atoms with Crippen LogP contribution in [0.15, 0.2) is 40.8 Å². The van der Waals surface area contributed by atoms with E-state index in [0.29, 0.717) is 0 Å². The number of ether oxygens (including phenoxy) is 1. The zero-order chi connectivity index (χ0) is 17.6. The topological polar surface area (TPSA) is 121 Å². The van der Waals surface area contributed by atoms with Crippen LogP contribution in [0.2, 0.25) is 0 Å². The Bertz CT molecular complexity index is 654. The molecule has 0 aliphatic heterocycles. The first kappa shape index (κ1) is 18.1. The van der Waals surface area contributed by atoms with Gasteiger partial charge in [0.1, 0.15) is 17.1 Å². The quantitative estimate of drug-likeness (QED) is 0.268. The summed E-state index contributed by atoms with van der Waals surface area (Å²) in [5.74, 6) is -2.87. The molecule has 0 aromatic carbocycles. The summed E-state index contributed by atoms with van der Waals surface area (Å²) >= 11 is 0. The molecule has 1 aromatic rings. The number of pyridine rings is 1. The minimum Gasteiger partial charge on any atom is -0.454 e. The first-order valence-corrected chi connectivity index (χ1v) is 6.08. The fraction of sp³-hybridized carbons (Fsp3) is 0.231. The van der Waals surface area contributed by atoms with Crippen molar-refractivity contribution < 1.29 is 27.5 Å². The number of alkyl halides is 3. The molecule has 1 rings (SSSR count). The molecule has 0 radical (unpaired) electrons. The van der Waals surface area contributed by atoms with Crippen LogP contribution in [0.3, 0.4) is 0 Å². The van der Waals surface area contributed by atoms with Gasteiger partial charge in [0.2, 0.25) is 0 Å². The van der Waals surface area contributed by atoms with Crippen LogP contribution in [-0.4, -0.2) is 42.4 Å². The first-order valence-electron chi connectivity index (χ1n) is 6.08. The molecule has 0 atom stereocenters. The summed E-state index contributed by atoms with van der Waals surface area (Å²) in [5.41, 5.74) is 7.44. The molecule has 0 fully saturated rings. The van der Waals surface area contributed by atoms with Gasteiger partial charge in [-0.1, -0.05) is 0 Å². The SMILES string of the molecule is CN=C(N)C(C(=O)OCC(=O)c1ccncc1)=C(N)C(F)(F)F. The smallest absolute Gasteiger partial charge is 0.431 e. The highest BCUT2D eigenvalue weighted by Crippen LogP contribution is 2.24. The highest BCUT2D eigenvalue weighted by atomic mass is 19.4. The van der Waals surface area contributed by atoms with Crippen molar-refractivity contribution in [2.75, 3.05) is 13.7 Å². The molecule has 0 saturated carbocycles. The van der Waals surface area contributed by atoms with Crippen molar-refractivity contribution in [3.05, 3.63) is 41.4 Å². The molecule has 23 heavy (non-hydrogen) atoms. The summed E-state index contributed by atoms with van der Waals surface area (Å²) < 4.78 is 42.5. The maximum Gasteiger partial charge on any atom is 0.431 e. The van der Waals surface area contributed by atoms with Gasteiger partial charge in [0, 0.05) is 25.0 Å². The number of allylic oxidation sites excluding steroid dienone is 1. The lowest BCUT2D eigenvalue weighted by atomic mass is 10.1. The van der Waals surface area contributed by atoms with Gasteiger partial charge in [0.05, 0.1) is 0 Å². The predicted molar refractivity (Wildman–Crippen MR) is 74.3 cm³/mol. The van der Waals surface area contributed by atoms with Crippen LogP contribution in [-0.2, 0) is 9.53 Å². The Labute approximate surface area is 128 Å². The van der Waals surface area contributed by atoms with Crippen molar-refractivity contribution in [2.45, 2.75) is 6.18 Å². The minimum atomic E-state index is -5.00. The second-order valence-electron chi connectivity index (χ2n) is 4.13. The van der Waals surface area contributed by atoms with Crippen LogP contribution >= 0.6 is 0 Å². The molecule has 0 unspecified atom stereocenters. The van der Waals surface area contributed by atoms with E-state index >= 15 is 0 Å². The fourth-order valence-electron chi connectivity index (χ4n) is 1.43. The van der Waals surface area contributed by atoms with E-state index in [1.54, 1.807) is 0 Å². The number of amidine groups is 1. The van der Waals surface area contributed by atoms with Crippen molar-refractivity contribution >= 4 is 17.6 Å². The number of aromatic nitrogens is 1. The van der Waals surface area contributed by atoms with Crippen molar-refractivity contribution in [2.24, 2.45) is 16.5 Å². The third-order valence-electron chi connectivity index (χ3n) is 2.61. The zero-order valence-corrected chi connectivity index (χ0v) is 11.9. The van der Waals surface area contributed by atoms with E-state index in [4.69, 9.17) is 11.5 Å². The summed E-state index contributed by atoms with van der Waals surface area (Å²) in [7, 11) is 1.08. The van der Waals surface area contributed by atoms with Crippen molar-refractivity contribution in [3.63, 3.8) is 0 Å². The minimum absolute atomic E-state index is 0.180. The number of carbonyl (C=O) groups excluding carboxylic acids is 2. The zero-order valence-electron chi connectivity index (χ0n) is 11.9. The number of ketones is 1. The number of Topliss-reactive ketones (excluding diaryl/α,β-unsaturated/α-hetero) is 1. The van der Waals surface area contributed by atoms with E-state index in [9.17, 15) is 22.8 Å². The Morgan fingerprint density at radius 1 is 1.26 bits per heavy atom. The lowest BCUT2D eigenvalue weighted by molar-refractivity contribution is -0.138. The Balaban J connectivity index is 2.94. The number of carbonyl (C=O) groups is 2. The Kier molecular flexibility index (Phi) is 5.82. The molecule has 0 saturated heterocycles. The molecular weight excluding hydrogens is 317 g/mol. The highest BCUT2D eigenvalue weighted by Gasteiger charge is 2.38. The maximum atomic E-state index is 12.6. The summed E-state index contributed by atoms with van der Waals surface area (Å²) in [6, 6.07) is 2.72. The van der Waals surface area contributed by atoms with Gasteiger partial charge in [-0.2, -0.15) is 13.2 Å². The largest absolute Gasteiger partial charge is 0.454 e. The Hall–Kier alpha value is -2.91. The number of hydrogen-bond acceptors (Lipinski definition) is 6. The standard InChI is InChI=1S/C13H13F3N4O3/c1-19-11(18)9(10(17)13(14,15)16)12(22)23-6-8(21)7-2-4-20-5-3-7/h2-5H,6,17H2,1H3,(H2,18,19).